The zero-order valence-electron chi connectivity index (χ0n) is 53.4. The van der Waals surface area contributed by atoms with Crippen LogP contribution in [-0.4, -0.2) is 47.4 Å². The van der Waals surface area contributed by atoms with Crippen molar-refractivity contribution in [3.8, 4) is 0 Å². The first-order valence-electron chi connectivity index (χ1n) is 35.8. The Labute approximate surface area is 494 Å². The normalized spacial score (nSPS) is 12.7. The van der Waals surface area contributed by atoms with Gasteiger partial charge in [0, 0.05) is 12.8 Å². The quantitative estimate of drug-likeness (QED) is 0.0320. The number of hydrogen-bond donors (Lipinski definition) is 3. The second-order valence-corrected chi connectivity index (χ2v) is 24.6. The molecule has 1 amide bonds. The Kier molecular flexibility index (Phi) is 66.9. The Morgan fingerprint density at radius 1 is 0.342 bits per heavy atom. The highest BCUT2D eigenvalue weighted by Gasteiger charge is 2.18. The standard InChI is InChI=1S/C73H139NO5/c1-3-5-7-9-11-13-15-17-19-21-23-24-25-26-27-28-30-33-37-41-45-49-53-57-61-65-71(76)70(69-75)74-72(77)66-62-58-54-50-46-42-38-34-31-29-32-36-40-44-48-52-56-60-64-68-79-73(78)67-63-59-55-51-47-43-39-35-22-20-18-16-14-12-10-8-6-4-2/h20,22,29,31,61,65,70-71,75-76H,3-19,21,23-28,30,32-60,62-64,66-69H2,1-2H3,(H,74,77)/b22-20-,31-29-,65-61+. The molecule has 0 radical (unpaired) electrons. The van der Waals surface area contributed by atoms with E-state index in [0.29, 0.717) is 19.4 Å². The van der Waals surface area contributed by atoms with Crippen LogP contribution in [0.3, 0.4) is 0 Å². The summed E-state index contributed by atoms with van der Waals surface area (Å²) in [6.45, 7) is 4.92. The van der Waals surface area contributed by atoms with Gasteiger partial charge in [0.05, 0.1) is 25.4 Å². The summed E-state index contributed by atoms with van der Waals surface area (Å²) in [7, 11) is 0. The molecule has 0 aliphatic heterocycles. The molecule has 0 saturated carbocycles. The highest BCUT2D eigenvalue weighted by Crippen LogP contribution is 2.18. The highest BCUT2D eigenvalue weighted by atomic mass is 16.5. The van der Waals surface area contributed by atoms with Gasteiger partial charge in [-0.15, -0.1) is 0 Å². The Hall–Kier alpha value is -1.92. The minimum atomic E-state index is -0.853. The largest absolute Gasteiger partial charge is 0.466 e. The molecule has 0 aromatic heterocycles. The number of amides is 1. The molecule has 0 aromatic carbocycles. The molecule has 466 valence electrons. The van der Waals surface area contributed by atoms with Crippen LogP contribution in [0.15, 0.2) is 36.5 Å². The molecule has 6 heteroatoms. The van der Waals surface area contributed by atoms with Crippen LogP contribution < -0.4 is 5.32 Å². The zero-order chi connectivity index (χ0) is 57.1. The van der Waals surface area contributed by atoms with Gasteiger partial charge < -0.3 is 20.3 Å². The van der Waals surface area contributed by atoms with Crippen molar-refractivity contribution in [1.82, 2.24) is 5.32 Å². The minimum absolute atomic E-state index is 0.00108. The maximum atomic E-state index is 12.5. The molecule has 0 aliphatic rings. The molecule has 0 aliphatic carbocycles. The van der Waals surface area contributed by atoms with Gasteiger partial charge >= 0.3 is 5.97 Å². The first-order valence-corrected chi connectivity index (χ1v) is 35.8. The fourth-order valence-corrected chi connectivity index (χ4v) is 11.2. The van der Waals surface area contributed by atoms with Crippen molar-refractivity contribution in [1.29, 1.82) is 0 Å². The van der Waals surface area contributed by atoms with Crippen LogP contribution >= 0.6 is 0 Å². The molecule has 2 unspecified atom stereocenters. The van der Waals surface area contributed by atoms with Gasteiger partial charge in [-0.25, -0.2) is 0 Å². The van der Waals surface area contributed by atoms with Gasteiger partial charge in [0.25, 0.3) is 0 Å². The second-order valence-electron chi connectivity index (χ2n) is 24.6. The monoisotopic (exact) mass is 1110 g/mol. The Bertz CT molecular complexity index is 1280. The van der Waals surface area contributed by atoms with Crippen LogP contribution in [0.2, 0.25) is 0 Å². The van der Waals surface area contributed by atoms with E-state index in [1.54, 1.807) is 6.08 Å². The summed E-state index contributed by atoms with van der Waals surface area (Å²) in [5.74, 6) is -0.0727. The lowest BCUT2D eigenvalue weighted by molar-refractivity contribution is -0.143. The van der Waals surface area contributed by atoms with Crippen LogP contribution in [0.5, 0.6) is 0 Å². The van der Waals surface area contributed by atoms with E-state index in [1.165, 1.54) is 315 Å². The number of rotatable bonds is 67. The number of aliphatic hydroxyl groups is 2. The predicted molar refractivity (Wildman–Crippen MR) is 347 cm³/mol. The number of allylic oxidation sites excluding steroid dienone is 5. The van der Waals surface area contributed by atoms with Gasteiger partial charge in [-0.2, -0.15) is 0 Å². The van der Waals surface area contributed by atoms with Crippen LogP contribution in [0.1, 0.15) is 393 Å². The highest BCUT2D eigenvalue weighted by molar-refractivity contribution is 5.76. The first kappa shape index (κ1) is 77.1. The number of carbonyl (C=O) groups excluding carboxylic acids is 2. The van der Waals surface area contributed by atoms with E-state index in [0.717, 1.165) is 51.4 Å². The molecule has 0 aromatic rings. The Morgan fingerprint density at radius 3 is 0.899 bits per heavy atom. The molecule has 2 atom stereocenters. The number of aliphatic hydroxyl groups excluding tert-OH is 2. The van der Waals surface area contributed by atoms with Gasteiger partial charge in [0.1, 0.15) is 0 Å². The van der Waals surface area contributed by atoms with E-state index < -0.39 is 12.1 Å². The third-order valence-corrected chi connectivity index (χ3v) is 16.6. The van der Waals surface area contributed by atoms with Crippen LogP contribution in [0.4, 0.5) is 0 Å². The fraction of sp³-hybridized carbons (Fsp3) is 0.890. The third-order valence-electron chi connectivity index (χ3n) is 16.6. The van der Waals surface area contributed by atoms with E-state index in [9.17, 15) is 19.8 Å². The van der Waals surface area contributed by atoms with E-state index >= 15 is 0 Å². The molecular formula is C73H139NO5. The summed E-state index contributed by atoms with van der Waals surface area (Å²) in [4.78, 5) is 24.6. The molecule has 0 heterocycles. The summed E-state index contributed by atoms with van der Waals surface area (Å²) in [6, 6.07) is -0.637. The Balaban J connectivity index is 3.45. The van der Waals surface area contributed by atoms with E-state index in [2.05, 4.69) is 43.5 Å². The summed E-state index contributed by atoms with van der Waals surface area (Å²) in [5.41, 5.74) is 0. The minimum Gasteiger partial charge on any atom is -0.466 e. The molecule has 6 nitrogen and oxygen atoms in total. The van der Waals surface area contributed by atoms with Gasteiger partial charge in [0.15, 0.2) is 0 Å². The summed E-state index contributed by atoms with van der Waals surface area (Å²) >= 11 is 0. The third kappa shape index (κ3) is 65.1. The topological polar surface area (TPSA) is 95.9 Å². The van der Waals surface area contributed by atoms with Gasteiger partial charge in [0.2, 0.25) is 5.91 Å². The lowest BCUT2D eigenvalue weighted by Crippen LogP contribution is -2.45. The van der Waals surface area contributed by atoms with Crippen molar-refractivity contribution in [2.45, 2.75) is 405 Å². The van der Waals surface area contributed by atoms with Crippen molar-refractivity contribution >= 4 is 11.9 Å². The maximum absolute atomic E-state index is 12.5. The van der Waals surface area contributed by atoms with Gasteiger partial charge in [-0.05, 0) is 83.5 Å². The summed E-state index contributed by atoms with van der Waals surface area (Å²) < 4.78 is 5.50. The fourth-order valence-electron chi connectivity index (χ4n) is 11.2. The number of nitrogens with one attached hydrogen (secondary N) is 1. The van der Waals surface area contributed by atoms with E-state index in [4.69, 9.17) is 4.74 Å². The van der Waals surface area contributed by atoms with Crippen molar-refractivity contribution in [2.24, 2.45) is 0 Å². The van der Waals surface area contributed by atoms with Gasteiger partial charge in [-0.3, -0.25) is 9.59 Å². The molecule has 3 N–H and O–H groups in total. The average Bonchev–Trinajstić information content (AvgIpc) is 3.45. The number of hydrogen-bond acceptors (Lipinski definition) is 5. The lowest BCUT2D eigenvalue weighted by Gasteiger charge is -2.20. The average molecular weight is 1110 g/mol. The number of esters is 1. The summed E-state index contributed by atoms with van der Waals surface area (Å²) in [6.07, 6.45) is 87.9. The van der Waals surface area contributed by atoms with Crippen molar-refractivity contribution in [2.75, 3.05) is 13.2 Å². The smallest absolute Gasteiger partial charge is 0.305 e. The first-order chi connectivity index (χ1) is 39.0. The number of unbranched alkanes of at least 4 members (excludes halogenated alkanes) is 52. The molecule has 0 rings (SSSR count). The van der Waals surface area contributed by atoms with E-state index in [1.807, 2.05) is 6.08 Å². The van der Waals surface area contributed by atoms with Crippen molar-refractivity contribution < 1.29 is 24.5 Å². The number of carbonyl (C=O) groups is 2. The maximum Gasteiger partial charge on any atom is 0.305 e. The van der Waals surface area contributed by atoms with Crippen molar-refractivity contribution in [3.63, 3.8) is 0 Å². The molecule has 0 fully saturated rings. The zero-order valence-corrected chi connectivity index (χ0v) is 53.4. The molecule has 0 saturated heterocycles. The van der Waals surface area contributed by atoms with E-state index in [-0.39, 0.29) is 18.5 Å². The van der Waals surface area contributed by atoms with Gasteiger partial charge in [-0.1, -0.05) is 333 Å². The summed E-state index contributed by atoms with van der Waals surface area (Å²) in [5, 5.41) is 23.3. The SMILES string of the molecule is CCCCCCCCC/C=C\CCCCCCCCCC(=O)OCCCCCCCCCC/C=C\CCCCCCCCCC(=O)NC(CO)C(O)/C=C/CCCCCCCCCCCCCCCCCCCCCCCCC. The molecule has 0 bridgehead atoms. The van der Waals surface area contributed by atoms with Crippen LogP contribution in [-0.2, 0) is 14.3 Å². The molecular weight excluding hydrogens is 971 g/mol. The predicted octanol–water partition coefficient (Wildman–Crippen LogP) is 23.1. The second kappa shape index (κ2) is 68.6. The molecule has 0 spiro atoms. The van der Waals surface area contributed by atoms with Crippen molar-refractivity contribution in [3.05, 3.63) is 36.5 Å². The number of ether oxygens (including phenoxy) is 1. The van der Waals surface area contributed by atoms with Crippen LogP contribution in [0.25, 0.3) is 0 Å². The molecule has 79 heavy (non-hydrogen) atoms. The lowest BCUT2D eigenvalue weighted by atomic mass is 10.0. The Morgan fingerprint density at radius 2 is 0.595 bits per heavy atom. The van der Waals surface area contributed by atoms with Crippen LogP contribution in [0, 0.1) is 0 Å².